The van der Waals surface area contributed by atoms with Crippen molar-refractivity contribution in [1.82, 2.24) is 20.0 Å². The smallest absolute Gasteiger partial charge is 0.229 e. The lowest BCUT2D eigenvalue weighted by atomic mass is 9.90. The Morgan fingerprint density at radius 2 is 2.11 bits per heavy atom. The summed E-state index contributed by atoms with van der Waals surface area (Å²) in [5.41, 5.74) is 4.72. The molecule has 1 fully saturated rings. The van der Waals surface area contributed by atoms with Gasteiger partial charge in [-0.05, 0) is 35.7 Å². The predicted molar refractivity (Wildman–Crippen MR) is 116 cm³/mol. The van der Waals surface area contributed by atoms with Crippen molar-refractivity contribution in [2.24, 2.45) is 13.0 Å². The van der Waals surface area contributed by atoms with Gasteiger partial charge in [0.1, 0.15) is 0 Å². The van der Waals surface area contributed by atoms with Gasteiger partial charge in [0.05, 0.1) is 12.1 Å². The van der Waals surface area contributed by atoms with Crippen LogP contribution in [0.2, 0.25) is 0 Å². The zero-order chi connectivity index (χ0) is 18.1. The van der Waals surface area contributed by atoms with Gasteiger partial charge in [-0.15, -0.1) is 24.8 Å². The molecule has 2 aliphatic rings. The molecule has 2 aromatic rings. The van der Waals surface area contributed by atoms with Crippen LogP contribution in [0.5, 0.6) is 0 Å². The van der Waals surface area contributed by atoms with Crippen LogP contribution in [-0.4, -0.2) is 40.2 Å². The third-order valence-electron chi connectivity index (χ3n) is 5.55. The highest BCUT2D eigenvalue weighted by molar-refractivity contribution is 5.94. The topological polar surface area (TPSA) is 62.2 Å². The van der Waals surface area contributed by atoms with Crippen LogP contribution in [-0.2, 0) is 24.9 Å². The fraction of sp³-hybridized carbons (Fsp3) is 0.500. The van der Waals surface area contributed by atoms with Crippen LogP contribution in [0.1, 0.15) is 36.0 Å². The molecule has 0 unspecified atom stereocenters. The summed E-state index contributed by atoms with van der Waals surface area (Å²) in [7, 11) is 1.91. The molecule has 0 aliphatic carbocycles. The zero-order valence-electron chi connectivity index (χ0n) is 16.4. The lowest BCUT2D eigenvalue weighted by molar-refractivity contribution is -0.119. The number of hydrogen-bond donors (Lipinski definition) is 2. The number of aromatic nitrogens is 2. The Hall–Kier alpha value is -1.60. The first-order valence-electron chi connectivity index (χ1n) is 9.49. The Balaban J connectivity index is 0.00000140. The van der Waals surface area contributed by atoms with Gasteiger partial charge in [-0.1, -0.05) is 19.1 Å². The van der Waals surface area contributed by atoms with E-state index >= 15 is 0 Å². The maximum atomic E-state index is 13.0. The molecule has 2 aliphatic heterocycles. The number of anilines is 1. The molecule has 1 amide bonds. The fourth-order valence-electron chi connectivity index (χ4n) is 4.24. The number of amides is 1. The van der Waals surface area contributed by atoms with Crippen molar-refractivity contribution in [3.8, 4) is 0 Å². The number of benzene rings is 1. The summed E-state index contributed by atoms with van der Waals surface area (Å²) >= 11 is 0. The van der Waals surface area contributed by atoms with E-state index in [4.69, 9.17) is 0 Å². The first-order chi connectivity index (χ1) is 12.7. The standard InChI is InChI=1S/C20H27N5O.2ClH/c1-3-7-25-12-14-5-4-6-19(18(14)13-25)23-20(26)17-10-21-9-16(17)15-8-22-24(2)11-15;;/h4-6,8,11,16-17,21H,3,7,9-10,12-13H2,1-2H3,(H,23,26);2*1H/t16-,17+;;/m1../s1. The number of carbonyl (C=O) groups excluding carboxylic acids is 1. The molecule has 0 bridgehead atoms. The van der Waals surface area contributed by atoms with Crippen LogP contribution in [0.4, 0.5) is 5.69 Å². The Morgan fingerprint density at radius 1 is 1.29 bits per heavy atom. The Morgan fingerprint density at radius 3 is 2.82 bits per heavy atom. The fourth-order valence-corrected chi connectivity index (χ4v) is 4.24. The van der Waals surface area contributed by atoms with Gasteiger partial charge in [0.15, 0.2) is 0 Å². The van der Waals surface area contributed by atoms with E-state index in [9.17, 15) is 4.79 Å². The second-order valence-corrected chi connectivity index (χ2v) is 7.46. The molecule has 1 aromatic heterocycles. The van der Waals surface area contributed by atoms with Crippen molar-refractivity contribution >= 4 is 36.4 Å². The number of carbonyl (C=O) groups is 1. The molecule has 0 spiro atoms. The van der Waals surface area contributed by atoms with E-state index in [-0.39, 0.29) is 42.6 Å². The lowest BCUT2D eigenvalue weighted by Gasteiger charge is -2.18. The summed E-state index contributed by atoms with van der Waals surface area (Å²) in [4.78, 5) is 15.5. The molecule has 2 atom stereocenters. The van der Waals surface area contributed by atoms with E-state index in [0.29, 0.717) is 6.54 Å². The molecule has 28 heavy (non-hydrogen) atoms. The van der Waals surface area contributed by atoms with Crippen LogP contribution in [0.15, 0.2) is 30.6 Å². The van der Waals surface area contributed by atoms with Crippen LogP contribution in [0, 0.1) is 5.92 Å². The zero-order valence-corrected chi connectivity index (χ0v) is 18.0. The maximum Gasteiger partial charge on any atom is 0.229 e. The minimum atomic E-state index is -0.0665. The van der Waals surface area contributed by atoms with Gasteiger partial charge < -0.3 is 10.6 Å². The maximum absolute atomic E-state index is 13.0. The number of nitrogens with zero attached hydrogens (tertiary/aromatic N) is 3. The average Bonchev–Trinajstić information content (AvgIpc) is 3.33. The molecule has 3 heterocycles. The molecule has 0 radical (unpaired) electrons. The molecule has 1 aromatic carbocycles. The van der Waals surface area contributed by atoms with E-state index < -0.39 is 0 Å². The van der Waals surface area contributed by atoms with Gasteiger partial charge in [0.25, 0.3) is 0 Å². The molecule has 2 N–H and O–H groups in total. The predicted octanol–water partition coefficient (Wildman–Crippen LogP) is 2.93. The third-order valence-corrected chi connectivity index (χ3v) is 5.55. The number of rotatable bonds is 5. The van der Waals surface area contributed by atoms with Crippen molar-refractivity contribution in [3.63, 3.8) is 0 Å². The Labute approximate surface area is 178 Å². The second-order valence-electron chi connectivity index (χ2n) is 7.46. The highest BCUT2D eigenvalue weighted by Gasteiger charge is 2.35. The lowest BCUT2D eigenvalue weighted by Crippen LogP contribution is -2.28. The van der Waals surface area contributed by atoms with Gasteiger partial charge in [-0.2, -0.15) is 5.10 Å². The summed E-state index contributed by atoms with van der Waals surface area (Å²) in [5.74, 6) is 0.214. The van der Waals surface area contributed by atoms with Gasteiger partial charge in [-0.25, -0.2) is 0 Å². The molecule has 0 saturated carbocycles. The minimum absolute atomic E-state index is 0. The average molecular weight is 426 g/mol. The van der Waals surface area contributed by atoms with E-state index in [0.717, 1.165) is 43.9 Å². The Bertz CT molecular complexity index is 810. The molecule has 8 heteroatoms. The van der Waals surface area contributed by atoms with Crippen molar-refractivity contribution < 1.29 is 4.79 Å². The van der Waals surface area contributed by atoms with Crippen molar-refractivity contribution in [3.05, 3.63) is 47.3 Å². The first-order valence-corrected chi connectivity index (χ1v) is 9.49. The summed E-state index contributed by atoms with van der Waals surface area (Å²) in [6.45, 7) is 6.74. The van der Waals surface area contributed by atoms with Gasteiger partial charge in [0.2, 0.25) is 5.91 Å². The highest BCUT2D eigenvalue weighted by Crippen LogP contribution is 2.32. The number of aryl methyl sites for hydroxylation is 1. The largest absolute Gasteiger partial charge is 0.325 e. The molecule has 4 rings (SSSR count). The SMILES string of the molecule is CCCN1Cc2cccc(NC(=O)[C@H]3CNC[C@@H]3c3cnn(C)c3)c2C1.Cl.Cl. The van der Waals surface area contributed by atoms with Gasteiger partial charge in [0, 0.05) is 51.0 Å². The first kappa shape index (κ1) is 22.7. The van der Waals surface area contributed by atoms with Crippen LogP contribution >= 0.6 is 24.8 Å². The van der Waals surface area contributed by atoms with E-state index in [1.807, 2.05) is 25.5 Å². The summed E-state index contributed by atoms with van der Waals surface area (Å²) < 4.78 is 1.80. The molecule has 1 saturated heterocycles. The normalized spacial score (nSPS) is 20.9. The molecular formula is C20H29Cl2N5O. The number of halogens is 2. The summed E-state index contributed by atoms with van der Waals surface area (Å²) in [5, 5.41) is 10.9. The number of nitrogens with one attached hydrogen (secondary N) is 2. The van der Waals surface area contributed by atoms with E-state index in [2.05, 4.69) is 39.7 Å². The quantitative estimate of drug-likeness (QED) is 0.772. The number of hydrogen-bond acceptors (Lipinski definition) is 4. The molecule has 6 nitrogen and oxygen atoms in total. The molecule has 154 valence electrons. The van der Waals surface area contributed by atoms with Crippen LogP contribution in [0.3, 0.4) is 0 Å². The van der Waals surface area contributed by atoms with Crippen molar-refractivity contribution in [2.75, 3.05) is 25.0 Å². The van der Waals surface area contributed by atoms with Crippen molar-refractivity contribution in [1.29, 1.82) is 0 Å². The van der Waals surface area contributed by atoms with Gasteiger partial charge in [-0.3, -0.25) is 14.4 Å². The minimum Gasteiger partial charge on any atom is -0.325 e. The number of fused-ring (bicyclic) bond motifs is 1. The van der Waals surface area contributed by atoms with Crippen molar-refractivity contribution in [2.45, 2.75) is 32.4 Å². The van der Waals surface area contributed by atoms with Crippen LogP contribution < -0.4 is 10.6 Å². The third kappa shape index (κ3) is 4.51. The van der Waals surface area contributed by atoms with E-state index in [1.165, 1.54) is 11.1 Å². The highest BCUT2D eigenvalue weighted by atomic mass is 35.5. The van der Waals surface area contributed by atoms with E-state index in [1.54, 1.807) is 4.68 Å². The summed E-state index contributed by atoms with van der Waals surface area (Å²) in [6, 6.07) is 6.26. The van der Waals surface area contributed by atoms with Crippen LogP contribution in [0.25, 0.3) is 0 Å². The van der Waals surface area contributed by atoms with Gasteiger partial charge >= 0.3 is 0 Å². The second kappa shape index (κ2) is 9.74. The molecular weight excluding hydrogens is 397 g/mol. The Kier molecular flexibility index (Phi) is 7.89. The summed E-state index contributed by atoms with van der Waals surface area (Å²) in [6.07, 6.45) is 5.04. The monoisotopic (exact) mass is 425 g/mol.